The molecule has 1 amide bonds. The third-order valence-corrected chi connectivity index (χ3v) is 4.94. The first kappa shape index (κ1) is 20.5. The Kier molecular flexibility index (Phi) is 6.54. The molecule has 0 aliphatic carbocycles. The minimum atomic E-state index is -0.722. The van der Waals surface area contributed by atoms with E-state index >= 15 is 0 Å². The van der Waals surface area contributed by atoms with Crippen LogP contribution in [0.5, 0.6) is 5.75 Å². The van der Waals surface area contributed by atoms with Crippen LogP contribution < -0.4 is 10.1 Å². The monoisotopic (exact) mass is 395 g/mol. The van der Waals surface area contributed by atoms with Crippen molar-refractivity contribution in [2.45, 2.75) is 32.9 Å². The van der Waals surface area contributed by atoms with Crippen molar-refractivity contribution >= 4 is 22.6 Å². The molecule has 152 valence electrons. The van der Waals surface area contributed by atoms with Crippen LogP contribution in [0.1, 0.15) is 36.6 Å². The average Bonchev–Trinajstić information content (AvgIpc) is 3.24. The minimum Gasteiger partial charge on any atom is -0.486 e. The van der Waals surface area contributed by atoms with Gasteiger partial charge in [-0.15, -0.1) is 0 Å². The van der Waals surface area contributed by atoms with Crippen molar-refractivity contribution in [3.8, 4) is 5.75 Å². The van der Waals surface area contributed by atoms with Crippen molar-refractivity contribution in [2.75, 3.05) is 7.11 Å². The molecule has 0 saturated carbocycles. The topological polar surface area (TPSA) is 77.8 Å². The summed E-state index contributed by atoms with van der Waals surface area (Å²) in [4.78, 5) is 24.4. The Morgan fingerprint density at radius 2 is 1.83 bits per heavy atom. The Bertz CT molecular complexity index is 994. The van der Waals surface area contributed by atoms with Crippen LogP contribution in [0.3, 0.4) is 0 Å². The van der Waals surface area contributed by atoms with E-state index in [0.29, 0.717) is 11.5 Å². The predicted octanol–water partition coefficient (Wildman–Crippen LogP) is 4.33. The lowest BCUT2D eigenvalue weighted by molar-refractivity contribution is -0.144. The number of carbonyl (C=O) groups is 2. The summed E-state index contributed by atoms with van der Waals surface area (Å²) >= 11 is 0. The van der Waals surface area contributed by atoms with Crippen LogP contribution in [0.2, 0.25) is 0 Å². The first-order valence-corrected chi connectivity index (χ1v) is 9.60. The van der Waals surface area contributed by atoms with Crippen molar-refractivity contribution < 1.29 is 23.5 Å². The molecule has 1 aromatic heterocycles. The molecule has 0 aliphatic heterocycles. The first-order chi connectivity index (χ1) is 14.0. The number of carbonyl (C=O) groups excluding carboxylic acids is 2. The third-order valence-electron chi connectivity index (χ3n) is 4.94. The van der Waals surface area contributed by atoms with Gasteiger partial charge in [0.05, 0.1) is 7.11 Å². The highest BCUT2D eigenvalue weighted by Gasteiger charge is 2.28. The number of fused-ring (bicyclic) bond motifs is 1. The van der Waals surface area contributed by atoms with Crippen LogP contribution in [-0.4, -0.2) is 25.0 Å². The summed E-state index contributed by atoms with van der Waals surface area (Å²) in [5.41, 5.74) is 0. The Morgan fingerprint density at radius 3 is 2.55 bits per heavy atom. The molecule has 0 spiro atoms. The van der Waals surface area contributed by atoms with Gasteiger partial charge < -0.3 is 19.2 Å². The van der Waals surface area contributed by atoms with Gasteiger partial charge in [-0.1, -0.05) is 50.6 Å². The van der Waals surface area contributed by atoms with E-state index in [-0.39, 0.29) is 18.3 Å². The molecule has 2 aromatic carbocycles. The lowest BCUT2D eigenvalue weighted by Gasteiger charge is -2.21. The van der Waals surface area contributed by atoms with Crippen LogP contribution in [0.25, 0.3) is 10.8 Å². The van der Waals surface area contributed by atoms with Crippen LogP contribution >= 0.6 is 0 Å². The molecular formula is C23H25NO5. The minimum absolute atomic E-state index is 0.0583. The SMILES string of the molecule is CCC(C)C(NC(=O)c1ccc(COc2ccc3ccccc3c2)o1)C(=O)OC. The fourth-order valence-corrected chi connectivity index (χ4v) is 3.00. The number of benzene rings is 2. The van der Waals surface area contributed by atoms with Gasteiger partial charge in [0.15, 0.2) is 5.76 Å². The number of hydrogen-bond acceptors (Lipinski definition) is 5. The second-order valence-electron chi connectivity index (χ2n) is 6.92. The van der Waals surface area contributed by atoms with Crippen molar-refractivity contribution in [3.05, 3.63) is 66.1 Å². The molecule has 0 radical (unpaired) electrons. The lowest BCUT2D eigenvalue weighted by atomic mass is 9.99. The predicted molar refractivity (Wildman–Crippen MR) is 110 cm³/mol. The van der Waals surface area contributed by atoms with Crippen molar-refractivity contribution in [1.82, 2.24) is 5.32 Å². The standard InChI is InChI=1S/C23H25NO5/c1-4-15(2)21(23(26)27-3)24-22(25)20-12-11-19(29-20)14-28-18-10-9-16-7-5-6-8-17(16)13-18/h5-13,15,21H,4,14H2,1-3H3,(H,24,25). The highest BCUT2D eigenvalue weighted by molar-refractivity contribution is 5.94. The summed E-state index contributed by atoms with van der Waals surface area (Å²) in [6.07, 6.45) is 0.725. The van der Waals surface area contributed by atoms with Crippen LogP contribution in [0, 0.1) is 5.92 Å². The van der Waals surface area contributed by atoms with Crippen LogP contribution in [0.15, 0.2) is 59.0 Å². The number of methoxy groups -OCH3 is 1. The van der Waals surface area contributed by atoms with Crippen molar-refractivity contribution in [3.63, 3.8) is 0 Å². The van der Waals surface area contributed by atoms with E-state index in [2.05, 4.69) is 5.32 Å². The van der Waals surface area contributed by atoms with E-state index < -0.39 is 17.9 Å². The normalized spacial score (nSPS) is 12.9. The highest BCUT2D eigenvalue weighted by Crippen LogP contribution is 2.22. The summed E-state index contributed by atoms with van der Waals surface area (Å²) in [5, 5.41) is 4.92. The van der Waals surface area contributed by atoms with Gasteiger partial charge in [0, 0.05) is 0 Å². The van der Waals surface area contributed by atoms with E-state index in [1.807, 2.05) is 56.3 Å². The largest absolute Gasteiger partial charge is 0.486 e. The Labute approximate surface area is 169 Å². The first-order valence-electron chi connectivity index (χ1n) is 9.60. The number of ether oxygens (including phenoxy) is 2. The third kappa shape index (κ3) is 4.96. The maximum atomic E-state index is 12.5. The van der Waals surface area contributed by atoms with Crippen LogP contribution in [0.4, 0.5) is 0 Å². The van der Waals surface area contributed by atoms with Crippen LogP contribution in [-0.2, 0) is 16.1 Å². The Morgan fingerprint density at radius 1 is 1.07 bits per heavy atom. The van der Waals surface area contributed by atoms with Gasteiger partial charge in [-0.05, 0) is 41.0 Å². The molecule has 6 heteroatoms. The molecule has 0 fully saturated rings. The van der Waals surface area contributed by atoms with Crippen molar-refractivity contribution in [1.29, 1.82) is 0 Å². The molecule has 0 bridgehead atoms. The highest BCUT2D eigenvalue weighted by atomic mass is 16.5. The van der Waals surface area contributed by atoms with Gasteiger partial charge in [-0.3, -0.25) is 4.79 Å². The van der Waals surface area contributed by atoms with Gasteiger partial charge >= 0.3 is 5.97 Å². The number of hydrogen-bond donors (Lipinski definition) is 1. The van der Waals surface area contributed by atoms with Crippen molar-refractivity contribution in [2.24, 2.45) is 5.92 Å². The van der Waals surface area contributed by atoms with Gasteiger partial charge in [0.25, 0.3) is 5.91 Å². The van der Waals surface area contributed by atoms with Gasteiger partial charge in [0.1, 0.15) is 24.2 Å². The number of nitrogens with one attached hydrogen (secondary N) is 1. The second kappa shape index (κ2) is 9.28. The van der Waals surface area contributed by atoms with Gasteiger partial charge in [-0.2, -0.15) is 0 Å². The van der Waals surface area contributed by atoms with Gasteiger partial charge in [0.2, 0.25) is 0 Å². The molecule has 1 N–H and O–H groups in total. The summed E-state index contributed by atoms with van der Waals surface area (Å²) < 4.78 is 16.2. The van der Waals surface area contributed by atoms with E-state index in [0.717, 1.165) is 17.2 Å². The Hall–Kier alpha value is -3.28. The molecule has 0 saturated heterocycles. The maximum Gasteiger partial charge on any atom is 0.328 e. The number of amides is 1. The molecule has 0 aliphatic rings. The zero-order chi connectivity index (χ0) is 20.8. The zero-order valence-corrected chi connectivity index (χ0v) is 16.8. The summed E-state index contributed by atoms with van der Waals surface area (Å²) in [6, 6.07) is 16.4. The zero-order valence-electron chi connectivity index (χ0n) is 16.8. The Balaban J connectivity index is 1.63. The summed E-state index contributed by atoms with van der Waals surface area (Å²) in [6.45, 7) is 4.02. The molecular weight excluding hydrogens is 370 g/mol. The van der Waals surface area contributed by atoms with E-state index in [1.54, 1.807) is 12.1 Å². The lowest BCUT2D eigenvalue weighted by Crippen LogP contribution is -2.45. The molecule has 29 heavy (non-hydrogen) atoms. The molecule has 3 rings (SSSR count). The molecule has 2 unspecified atom stereocenters. The van der Waals surface area contributed by atoms with E-state index in [1.165, 1.54) is 7.11 Å². The summed E-state index contributed by atoms with van der Waals surface area (Å²) in [5.74, 6) is 0.364. The van der Waals surface area contributed by atoms with E-state index in [9.17, 15) is 9.59 Å². The smallest absolute Gasteiger partial charge is 0.328 e. The number of esters is 1. The quantitative estimate of drug-likeness (QED) is 0.575. The summed E-state index contributed by atoms with van der Waals surface area (Å²) in [7, 11) is 1.30. The number of rotatable bonds is 8. The van der Waals surface area contributed by atoms with E-state index in [4.69, 9.17) is 13.9 Å². The molecule has 3 aromatic rings. The molecule has 1 heterocycles. The second-order valence-corrected chi connectivity index (χ2v) is 6.92. The molecule has 6 nitrogen and oxygen atoms in total. The van der Waals surface area contributed by atoms with Gasteiger partial charge in [-0.25, -0.2) is 4.79 Å². The molecule has 2 atom stereocenters. The fourth-order valence-electron chi connectivity index (χ4n) is 3.00. The number of furan rings is 1. The fraction of sp³-hybridized carbons (Fsp3) is 0.304. The average molecular weight is 395 g/mol. The maximum absolute atomic E-state index is 12.5.